The second-order valence-corrected chi connectivity index (χ2v) is 6.56. The molecule has 0 radical (unpaired) electrons. The van der Waals surface area contributed by atoms with Gasteiger partial charge in [-0.1, -0.05) is 11.6 Å². The third kappa shape index (κ3) is 4.80. The second-order valence-electron chi connectivity index (χ2n) is 6.56. The summed E-state index contributed by atoms with van der Waals surface area (Å²) >= 11 is 0. The van der Waals surface area contributed by atoms with E-state index < -0.39 is 5.60 Å². The maximum absolute atomic E-state index is 12.0. The average molecular weight is 281 g/mol. The first kappa shape index (κ1) is 15.3. The highest BCUT2D eigenvalue weighted by atomic mass is 16.6. The Morgan fingerprint density at radius 3 is 2.55 bits per heavy atom. The Bertz CT molecular complexity index is 368. The van der Waals surface area contributed by atoms with Crippen molar-refractivity contribution >= 4 is 6.09 Å². The number of hydrogen-bond donors (Lipinski definition) is 1. The molecule has 0 spiro atoms. The van der Waals surface area contributed by atoms with E-state index in [9.17, 15) is 4.79 Å². The van der Waals surface area contributed by atoms with E-state index in [0.29, 0.717) is 6.54 Å². The lowest BCUT2D eigenvalue weighted by Gasteiger charge is -2.32. The number of hydrogen-bond acceptors (Lipinski definition) is 4. The maximum Gasteiger partial charge on any atom is 0.410 e. The van der Waals surface area contributed by atoms with Gasteiger partial charge in [0, 0.05) is 45.8 Å². The van der Waals surface area contributed by atoms with Crippen molar-refractivity contribution in [1.82, 2.24) is 15.1 Å². The highest BCUT2D eigenvalue weighted by Gasteiger charge is 2.24. The molecule has 0 saturated carbocycles. The standard InChI is InChI=1S/C15H27N3O2/c1-15(2,3)20-14(19)18-8-4-13(5-9-18)12-17-10-6-16-7-11-17/h4,16H,5-12H2,1-3H3. The molecule has 0 aromatic rings. The van der Waals surface area contributed by atoms with Crippen molar-refractivity contribution in [3.8, 4) is 0 Å². The number of amides is 1. The molecule has 0 atom stereocenters. The molecule has 0 bridgehead atoms. The van der Waals surface area contributed by atoms with Crippen LogP contribution in [0, 0.1) is 0 Å². The SMILES string of the molecule is CC(C)(C)OC(=O)N1CC=C(CN2CCNCC2)CC1. The number of nitrogens with one attached hydrogen (secondary N) is 1. The summed E-state index contributed by atoms with van der Waals surface area (Å²) in [6.07, 6.45) is 2.95. The first-order valence-electron chi connectivity index (χ1n) is 7.53. The van der Waals surface area contributed by atoms with Crippen LogP contribution in [0.1, 0.15) is 27.2 Å². The first-order valence-corrected chi connectivity index (χ1v) is 7.53. The van der Waals surface area contributed by atoms with Crippen molar-refractivity contribution in [3.05, 3.63) is 11.6 Å². The Morgan fingerprint density at radius 2 is 2.00 bits per heavy atom. The molecule has 2 heterocycles. The van der Waals surface area contributed by atoms with Crippen LogP contribution in [0.15, 0.2) is 11.6 Å². The van der Waals surface area contributed by atoms with Crippen molar-refractivity contribution < 1.29 is 9.53 Å². The zero-order chi connectivity index (χ0) is 14.6. The van der Waals surface area contributed by atoms with Gasteiger partial charge in [-0.25, -0.2) is 4.79 Å². The number of carbonyl (C=O) groups excluding carboxylic acids is 1. The third-order valence-electron chi connectivity index (χ3n) is 3.59. The second kappa shape index (κ2) is 6.59. The predicted octanol–water partition coefficient (Wildman–Crippen LogP) is 1.46. The van der Waals surface area contributed by atoms with E-state index in [2.05, 4.69) is 16.3 Å². The highest BCUT2D eigenvalue weighted by Crippen LogP contribution is 2.16. The molecule has 1 amide bonds. The van der Waals surface area contributed by atoms with Crippen LogP contribution < -0.4 is 5.32 Å². The summed E-state index contributed by atoms with van der Waals surface area (Å²) in [7, 11) is 0. The Kier molecular flexibility index (Phi) is 5.05. The molecule has 0 aromatic heterocycles. The molecule has 1 fully saturated rings. The van der Waals surface area contributed by atoms with Crippen molar-refractivity contribution in [1.29, 1.82) is 0 Å². The average Bonchev–Trinajstić information content (AvgIpc) is 2.39. The number of ether oxygens (including phenoxy) is 1. The molecule has 0 unspecified atom stereocenters. The van der Waals surface area contributed by atoms with Crippen LogP contribution >= 0.6 is 0 Å². The van der Waals surface area contributed by atoms with Crippen LogP contribution in [-0.2, 0) is 4.74 Å². The van der Waals surface area contributed by atoms with Crippen LogP contribution in [0.4, 0.5) is 4.79 Å². The van der Waals surface area contributed by atoms with Gasteiger partial charge in [-0.2, -0.15) is 0 Å². The van der Waals surface area contributed by atoms with Crippen molar-refractivity contribution in [2.45, 2.75) is 32.8 Å². The highest BCUT2D eigenvalue weighted by molar-refractivity contribution is 5.68. The first-order chi connectivity index (χ1) is 9.44. The summed E-state index contributed by atoms with van der Waals surface area (Å²) in [5.74, 6) is 0. The molecule has 20 heavy (non-hydrogen) atoms. The van der Waals surface area contributed by atoms with Gasteiger partial charge >= 0.3 is 6.09 Å². The molecule has 0 aliphatic carbocycles. The quantitative estimate of drug-likeness (QED) is 0.778. The van der Waals surface area contributed by atoms with Crippen LogP contribution in [0.25, 0.3) is 0 Å². The van der Waals surface area contributed by atoms with Gasteiger partial charge in [0.25, 0.3) is 0 Å². The Morgan fingerprint density at radius 1 is 1.30 bits per heavy atom. The molecule has 2 aliphatic heterocycles. The van der Waals surface area contributed by atoms with Gasteiger partial charge < -0.3 is 15.0 Å². The minimum Gasteiger partial charge on any atom is -0.444 e. The van der Waals surface area contributed by atoms with Crippen molar-refractivity contribution in [2.75, 3.05) is 45.8 Å². The largest absolute Gasteiger partial charge is 0.444 e. The molecule has 0 aromatic carbocycles. The van der Waals surface area contributed by atoms with E-state index in [1.165, 1.54) is 5.57 Å². The van der Waals surface area contributed by atoms with Crippen LogP contribution in [0.5, 0.6) is 0 Å². The van der Waals surface area contributed by atoms with E-state index in [4.69, 9.17) is 4.74 Å². The lowest BCUT2D eigenvalue weighted by Crippen LogP contribution is -2.45. The predicted molar refractivity (Wildman–Crippen MR) is 79.8 cm³/mol. The fourth-order valence-corrected chi connectivity index (χ4v) is 2.50. The van der Waals surface area contributed by atoms with Crippen LogP contribution in [-0.4, -0.2) is 67.3 Å². The van der Waals surface area contributed by atoms with Gasteiger partial charge in [0.15, 0.2) is 0 Å². The summed E-state index contributed by atoms with van der Waals surface area (Å²) < 4.78 is 5.40. The molecule has 2 rings (SSSR count). The van der Waals surface area contributed by atoms with E-state index in [1.807, 2.05) is 20.8 Å². The Labute approximate surface area is 121 Å². The van der Waals surface area contributed by atoms with Gasteiger partial charge in [-0.05, 0) is 27.2 Å². The molecule has 114 valence electrons. The zero-order valence-electron chi connectivity index (χ0n) is 12.9. The topological polar surface area (TPSA) is 44.8 Å². The molecular weight excluding hydrogens is 254 g/mol. The lowest BCUT2D eigenvalue weighted by atomic mass is 10.1. The lowest BCUT2D eigenvalue weighted by molar-refractivity contribution is 0.0264. The van der Waals surface area contributed by atoms with Crippen LogP contribution in [0.3, 0.4) is 0 Å². The Hall–Kier alpha value is -1.07. The van der Waals surface area contributed by atoms with E-state index in [-0.39, 0.29) is 6.09 Å². The summed E-state index contributed by atoms with van der Waals surface area (Å²) in [5.41, 5.74) is 1.04. The van der Waals surface area contributed by atoms with Crippen molar-refractivity contribution in [2.24, 2.45) is 0 Å². The summed E-state index contributed by atoms with van der Waals surface area (Å²) in [6.45, 7) is 12.6. The Balaban J connectivity index is 1.79. The number of nitrogens with zero attached hydrogens (tertiary/aromatic N) is 2. The molecule has 1 N–H and O–H groups in total. The number of rotatable bonds is 2. The smallest absolute Gasteiger partial charge is 0.410 e. The molecule has 1 saturated heterocycles. The van der Waals surface area contributed by atoms with Crippen molar-refractivity contribution in [3.63, 3.8) is 0 Å². The molecule has 5 nitrogen and oxygen atoms in total. The fraction of sp³-hybridized carbons (Fsp3) is 0.800. The van der Waals surface area contributed by atoms with Gasteiger partial charge in [0.1, 0.15) is 5.60 Å². The maximum atomic E-state index is 12.0. The number of piperazine rings is 1. The molecule has 5 heteroatoms. The molecular formula is C15H27N3O2. The van der Waals surface area contributed by atoms with Gasteiger partial charge in [0.05, 0.1) is 0 Å². The third-order valence-corrected chi connectivity index (χ3v) is 3.59. The van der Waals surface area contributed by atoms with E-state index >= 15 is 0 Å². The van der Waals surface area contributed by atoms with E-state index in [0.717, 1.165) is 45.7 Å². The summed E-state index contributed by atoms with van der Waals surface area (Å²) in [6, 6.07) is 0. The minimum atomic E-state index is -0.415. The van der Waals surface area contributed by atoms with E-state index in [1.54, 1.807) is 4.90 Å². The minimum absolute atomic E-state index is 0.199. The summed E-state index contributed by atoms with van der Waals surface area (Å²) in [5, 5.41) is 3.37. The zero-order valence-corrected chi connectivity index (χ0v) is 12.9. The summed E-state index contributed by atoms with van der Waals surface area (Å²) in [4.78, 5) is 16.2. The normalized spacial score (nSPS) is 21.6. The fourth-order valence-electron chi connectivity index (χ4n) is 2.50. The monoisotopic (exact) mass is 281 g/mol. The van der Waals surface area contributed by atoms with Gasteiger partial charge in [-0.15, -0.1) is 0 Å². The number of carbonyl (C=O) groups is 1. The van der Waals surface area contributed by atoms with Crippen LogP contribution in [0.2, 0.25) is 0 Å². The van der Waals surface area contributed by atoms with Gasteiger partial charge in [0.2, 0.25) is 0 Å². The van der Waals surface area contributed by atoms with Gasteiger partial charge in [-0.3, -0.25) is 4.90 Å². The molecule has 2 aliphatic rings.